The molecule has 0 spiro atoms. The van der Waals surface area contributed by atoms with Crippen molar-refractivity contribution >= 4 is 11.3 Å². The topological polar surface area (TPSA) is 73.6 Å². The first-order chi connectivity index (χ1) is 12.5. The highest BCUT2D eigenvalue weighted by molar-refractivity contribution is 5.67. The van der Waals surface area contributed by atoms with Crippen molar-refractivity contribution < 1.29 is 9.47 Å². The molecule has 0 saturated carbocycles. The van der Waals surface area contributed by atoms with Gasteiger partial charge >= 0.3 is 0 Å². The molecule has 1 N–H and O–H groups in total. The first-order valence-electron chi connectivity index (χ1n) is 8.76. The molecule has 2 heterocycles. The molecule has 0 radical (unpaired) electrons. The Balaban J connectivity index is 1.83. The lowest BCUT2D eigenvalue weighted by molar-refractivity contribution is 0.230. The van der Waals surface area contributed by atoms with Crippen LogP contribution in [0.25, 0.3) is 5.65 Å². The molecule has 0 aliphatic rings. The summed E-state index contributed by atoms with van der Waals surface area (Å²) in [5.41, 5.74) is 3.68. The molecule has 7 nitrogen and oxygen atoms in total. The van der Waals surface area contributed by atoms with Gasteiger partial charge in [0.25, 0.3) is 0 Å². The number of rotatable bonds is 7. The van der Waals surface area contributed by atoms with Crippen LogP contribution in [0.4, 0.5) is 5.69 Å². The lowest BCUT2D eigenvalue weighted by Crippen LogP contribution is -2.08. The zero-order valence-corrected chi connectivity index (χ0v) is 15.9. The fourth-order valence-corrected chi connectivity index (χ4v) is 2.63. The normalized spacial score (nSPS) is 11.3. The first kappa shape index (κ1) is 18.0. The van der Waals surface area contributed by atoms with E-state index in [1.54, 1.807) is 18.0 Å². The zero-order valence-electron chi connectivity index (χ0n) is 15.9. The van der Waals surface area contributed by atoms with E-state index in [0.29, 0.717) is 18.1 Å². The number of methoxy groups -OCH3 is 1. The minimum Gasteiger partial charge on any atom is -0.493 e. The summed E-state index contributed by atoms with van der Waals surface area (Å²) in [5.74, 6) is 1.79. The highest BCUT2D eigenvalue weighted by atomic mass is 16.5. The van der Waals surface area contributed by atoms with Crippen LogP contribution in [-0.4, -0.2) is 33.0 Å². The molecule has 138 valence electrons. The third-order valence-electron chi connectivity index (χ3n) is 3.95. The molecule has 0 bridgehead atoms. The summed E-state index contributed by atoms with van der Waals surface area (Å²) in [5, 5.41) is 16.1. The van der Waals surface area contributed by atoms with Gasteiger partial charge in [-0.1, -0.05) is 19.9 Å². The second kappa shape index (κ2) is 7.59. The Morgan fingerprint density at radius 2 is 1.92 bits per heavy atom. The molecule has 7 heteroatoms. The Morgan fingerprint density at radius 1 is 1.12 bits per heavy atom. The largest absolute Gasteiger partial charge is 0.493 e. The quantitative estimate of drug-likeness (QED) is 0.697. The van der Waals surface area contributed by atoms with Gasteiger partial charge in [0.1, 0.15) is 6.33 Å². The molecule has 0 atom stereocenters. The molecular weight excluding hydrogens is 330 g/mol. The summed E-state index contributed by atoms with van der Waals surface area (Å²) in [6.45, 7) is 8.84. The summed E-state index contributed by atoms with van der Waals surface area (Å²) in [6, 6.07) is 7.98. The number of aromatic nitrogens is 4. The highest BCUT2D eigenvalue weighted by Crippen LogP contribution is 2.29. The van der Waals surface area contributed by atoms with Crippen LogP contribution >= 0.6 is 0 Å². The Bertz CT molecular complexity index is 889. The fraction of sp³-hybridized carbons (Fsp3) is 0.421. The maximum absolute atomic E-state index is 5.77. The van der Waals surface area contributed by atoms with Crippen LogP contribution in [0.1, 0.15) is 44.9 Å². The second-order valence-electron chi connectivity index (χ2n) is 6.74. The monoisotopic (exact) mass is 355 g/mol. The van der Waals surface area contributed by atoms with E-state index in [-0.39, 0.29) is 6.10 Å². The molecule has 0 aliphatic carbocycles. The van der Waals surface area contributed by atoms with Crippen LogP contribution in [0.3, 0.4) is 0 Å². The van der Waals surface area contributed by atoms with Gasteiger partial charge < -0.3 is 14.8 Å². The Labute approximate surface area is 153 Å². The van der Waals surface area contributed by atoms with E-state index in [0.717, 1.165) is 28.4 Å². The van der Waals surface area contributed by atoms with Crippen molar-refractivity contribution in [3.8, 4) is 11.5 Å². The third-order valence-corrected chi connectivity index (χ3v) is 3.95. The van der Waals surface area contributed by atoms with Crippen LogP contribution in [0.2, 0.25) is 0 Å². The van der Waals surface area contributed by atoms with Crippen molar-refractivity contribution in [3.05, 3.63) is 41.9 Å². The number of benzene rings is 1. The fourth-order valence-electron chi connectivity index (χ4n) is 2.63. The van der Waals surface area contributed by atoms with Crippen molar-refractivity contribution in [2.45, 2.75) is 46.3 Å². The number of hydrogen-bond donors (Lipinski definition) is 1. The minimum absolute atomic E-state index is 0.0976. The molecule has 0 aliphatic heterocycles. The van der Waals surface area contributed by atoms with E-state index in [4.69, 9.17) is 9.47 Å². The number of fused-ring (bicyclic) bond motifs is 1. The van der Waals surface area contributed by atoms with Crippen molar-refractivity contribution in [1.29, 1.82) is 0 Å². The van der Waals surface area contributed by atoms with E-state index in [9.17, 15) is 0 Å². The van der Waals surface area contributed by atoms with Crippen LogP contribution in [-0.2, 0) is 6.54 Å². The van der Waals surface area contributed by atoms with Gasteiger partial charge in [0.2, 0.25) is 5.65 Å². The van der Waals surface area contributed by atoms with Crippen LogP contribution in [0.5, 0.6) is 11.5 Å². The zero-order chi connectivity index (χ0) is 18.7. The average molecular weight is 355 g/mol. The molecule has 3 aromatic rings. The summed E-state index contributed by atoms with van der Waals surface area (Å²) in [6.07, 6.45) is 1.72. The van der Waals surface area contributed by atoms with Crippen LogP contribution in [0, 0.1) is 0 Å². The van der Waals surface area contributed by atoms with E-state index < -0.39 is 0 Å². The molecule has 3 rings (SSSR count). The Morgan fingerprint density at radius 3 is 2.62 bits per heavy atom. The lowest BCUT2D eigenvalue weighted by atomic mass is 10.1. The summed E-state index contributed by atoms with van der Waals surface area (Å²) < 4.78 is 12.9. The summed E-state index contributed by atoms with van der Waals surface area (Å²) in [7, 11) is 1.65. The number of nitrogens with one attached hydrogen (secondary N) is 1. The average Bonchev–Trinajstić information content (AvgIpc) is 3.08. The van der Waals surface area contributed by atoms with Gasteiger partial charge in [0.15, 0.2) is 11.5 Å². The van der Waals surface area contributed by atoms with Crippen LogP contribution < -0.4 is 14.8 Å². The molecule has 2 aromatic heterocycles. The van der Waals surface area contributed by atoms with Gasteiger partial charge in [-0.3, -0.25) is 0 Å². The first-order valence-corrected chi connectivity index (χ1v) is 8.76. The van der Waals surface area contributed by atoms with E-state index >= 15 is 0 Å². The Hall–Kier alpha value is -2.83. The maximum atomic E-state index is 5.77. The number of nitrogens with zero attached hydrogens (tertiary/aromatic N) is 4. The van der Waals surface area contributed by atoms with Gasteiger partial charge in [-0.05, 0) is 43.5 Å². The number of anilines is 1. The van der Waals surface area contributed by atoms with Crippen molar-refractivity contribution in [2.24, 2.45) is 0 Å². The molecule has 0 fully saturated rings. The molecule has 26 heavy (non-hydrogen) atoms. The van der Waals surface area contributed by atoms with Gasteiger partial charge in [-0.15, -0.1) is 10.2 Å². The lowest BCUT2D eigenvalue weighted by Gasteiger charge is -2.15. The maximum Gasteiger partial charge on any atom is 0.200 e. The van der Waals surface area contributed by atoms with E-state index in [1.165, 1.54) is 0 Å². The van der Waals surface area contributed by atoms with E-state index in [2.05, 4.69) is 34.5 Å². The van der Waals surface area contributed by atoms with Crippen molar-refractivity contribution in [3.63, 3.8) is 0 Å². The SMILES string of the molecule is COc1cc(CNc2cc(C(C)C)nn3cnnc23)ccc1OC(C)C. The number of hydrogen-bond acceptors (Lipinski definition) is 6. The molecular formula is C19H25N5O2. The molecule has 0 amide bonds. The van der Waals surface area contributed by atoms with Gasteiger partial charge in [-0.25, -0.2) is 0 Å². The summed E-state index contributed by atoms with van der Waals surface area (Å²) in [4.78, 5) is 0. The molecule has 0 saturated heterocycles. The highest BCUT2D eigenvalue weighted by Gasteiger charge is 2.12. The van der Waals surface area contributed by atoms with Gasteiger partial charge in [0, 0.05) is 6.54 Å². The van der Waals surface area contributed by atoms with Gasteiger partial charge in [-0.2, -0.15) is 9.61 Å². The predicted octanol–water partition coefficient (Wildman–Crippen LogP) is 3.66. The third kappa shape index (κ3) is 3.87. The second-order valence-corrected chi connectivity index (χ2v) is 6.74. The van der Waals surface area contributed by atoms with E-state index in [1.807, 2.05) is 38.1 Å². The summed E-state index contributed by atoms with van der Waals surface area (Å²) >= 11 is 0. The van der Waals surface area contributed by atoms with Crippen molar-refractivity contribution in [2.75, 3.05) is 12.4 Å². The minimum atomic E-state index is 0.0976. The molecule has 1 aromatic carbocycles. The standard InChI is InChI=1S/C19H25N5O2/c1-12(2)15-9-16(19-22-21-11-24(19)23-15)20-10-14-6-7-17(26-13(3)4)18(8-14)25-5/h6-9,11-13,20H,10H2,1-5H3. The number of ether oxygens (including phenoxy) is 2. The Kier molecular flexibility index (Phi) is 5.25. The van der Waals surface area contributed by atoms with Crippen molar-refractivity contribution in [1.82, 2.24) is 19.8 Å². The molecule has 0 unspecified atom stereocenters. The van der Waals surface area contributed by atoms with Crippen LogP contribution in [0.15, 0.2) is 30.6 Å². The van der Waals surface area contributed by atoms with Gasteiger partial charge in [0.05, 0.1) is 24.6 Å². The smallest absolute Gasteiger partial charge is 0.200 e. The predicted molar refractivity (Wildman–Crippen MR) is 101 cm³/mol.